The van der Waals surface area contributed by atoms with Gasteiger partial charge < -0.3 is 19.3 Å². The third-order valence-corrected chi connectivity index (χ3v) is 8.32. The molecule has 2 heterocycles. The normalized spacial score (nSPS) is 15.5. The molecule has 0 radical (unpaired) electrons. The Bertz CT molecular complexity index is 1250. The van der Waals surface area contributed by atoms with Gasteiger partial charge in [0.25, 0.3) is 5.91 Å². The monoisotopic (exact) mass is 534 g/mol. The van der Waals surface area contributed by atoms with E-state index in [1.54, 1.807) is 47.6 Å². The van der Waals surface area contributed by atoms with Crippen molar-refractivity contribution in [1.82, 2.24) is 9.80 Å². The van der Waals surface area contributed by atoms with Crippen molar-refractivity contribution in [1.29, 1.82) is 0 Å². The van der Waals surface area contributed by atoms with Crippen LogP contribution in [0.15, 0.2) is 53.9 Å². The summed E-state index contributed by atoms with van der Waals surface area (Å²) in [5.74, 6) is 1.61. The van der Waals surface area contributed by atoms with E-state index >= 15 is 0 Å². The van der Waals surface area contributed by atoms with Crippen molar-refractivity contribution in [2.75, 3.05) is 33.4 Å². The Balaban J connectivity index is 1.54. The summed E-state index contributed by atoms with van der Waals surface area (Å²) in [6.07, 6.45) is 1.74. The molecular formula is C31H38N2O4S. The van der Waals surface area contributed by atoms with Gasteiger partial charge in [0.2, 0.25) is 5.91 Å². The lowest BCUT2D eigenvalue weighted by atomic mass is 10.00. The summed E-state index contributed by atoms with van der Waals surface area (Å²) < 4.78 is 11.5. The maximum atomic E-state index is 13.8. The molecule has 4 rings (SSSR count). The van der Waals surface area contributed by atoms with Crippen molar-refractivity contribution in [3.63, 3.8) is 0 Å². The molecule has 2 atom stereocenters. The van der Waals surface area contributed by atoms with Crippen LogP contribution in [-0.4, -0.2) is 55.0 Å². The van der Waals surface area contributed by atoms with E-state index in [0.717, 1.165) is 29.7 Å². The summed E-state index contributed by atoms with van der Waals surface area (Å²) >= 11 is 1.73. The summed E-state index contributed by atoms with van der Waals surface area (Å²) in [4.78, 5) is 32.3. The number of benzene rings is 2. The SMILES string of the molecule is CC[C@@H](C)CN(CC(=O)N1CCc2sccc2[C@@H]1COc1ccc(C)cc1C)C(=O)c1ccc(OC)cc1. The van der Waals surface area contributed by atoms with E-state index < -0.39 is 0 Å². The molecule has 3 aromatic rings. The lowest BCUT2D eigenvalue weighted by molar-refractivity contribution is -0.135. The summed E-state index contributed by atoms with van der Waals surface area (Å²) in [7, 11) is 1.60. The lowest BCUT2D eigenvalue weighted by Crippen LogP contribution is -2.48. The van der Waals surface area contributed by atoms with E-state index in [2.05, 4.69) is 38.3 Å². The molecule has 2 aromatic carbocycles. The molecule has 202 valence electrons. The van der Waals surface area contributed by atoms with Gasteiger partial charge in [0, 0.05) is 23.5 Å². The number of aryl methyl sites for hydroxylation is 2. The van der Waals surface area contributed by atoms with Crippen LogP contribution in [0.5, 0.6) is 11.5 Å². The summed E-state index contributed by atoms with van der Waals surface area (Å²) in [6, 6.07) is 15.1. The van der Waals surface area contributed by atoms with Gasteiger partial charge in [0.15, 0.2) is 0 Å². The number of rotatable bonds is 10. The topological polar surface area (TPSA) is 59.1 Å². The van der Waals surface area contributed by atoms with Gasteiger partial charge in [-0.1, -0.05) is 38.0 Å². The van der Waals surface area contributed by atoms with E-state index in [9.17, 15) is 9.59 Å². The molecule has 0 spiro atoms. The Morgan fingerprint density at radius 3 is 2.58 bits per heavy atom. The predicted molar refractivity (Wildman–Crippen MR) is 152 cm³/mol. The van der Waals surface area contributed by atoms with E-state index in [0.29, 0.717) is 31.0 Å². The summed E-state index contributed by atoms with van der Waals surface area (Å²) in [5, 5.41) is 2.09. The van der Waals surface area contributed by atoms with Crippen LogP contribution in [0.4, 0.5) is 0 Å². The third kappa shape index (κ3) is 6.38. The van der Waals surface area contributed by atoms with E-state index in [1.807, 2.05) is 24.0 Å². The van der Waals surface area contributed by atoms with Gasteiger partial charge in [-0.2, -0.15) is 0 Å². The van der Waals surface area contributed by atoms with Crippen LogP contribution in [0, 0.1) is 19.8 Å². The highest BCUT2D eigenvalue weighted by atomic mass is 32.1. The Kier molecular flexibility index (Phi) is 9.10. The number of hydrogen-bond donors (Lipinski definition) is 0. The quantitative estimate of drug-likeness (QED) is 0.317. The molecule has 1 aromatic heterocycles. The first kappa shape index (κ1) is 27.7. The van der Waals surface area contributed by atoms with Gasteiger partial charge in [-0.25, -0.2) is 0 Å². The maximum Gasteiger partial charge on any atom is 0.254 e. The number of ether oxygens (including phenoxy) is 2. The van der Waals surface area contributed by atoms with Crippen LogP contribution in [-0.2, 0) is 11.2 Å². The van der Waals surface area contributed by atoms with Crippen molar-refractivity contribution in [3.8, 4) is 11.5 Å². The average molecular weight is 535 g/mol. The molecule has 0 fully saturated rings. The number of carbonyl (C=O) groups is 2. The minimum Gasteiger partial charge on any atom is -0.497 e. The fourth-order valence-corrected chi connectivity index (χ4v) is 5.83. The number of nitrogens with zero attached hydrogens (tertiary/aromatic N) is 2. The molecule has 2 amide bonds. The smallest absolute Gasteiger partial charge is 0.254 e. The highest BCUT2D eigenvalue weighted by Gasteiger charge is 2.34. The molecule has 0 saturated heterocycles. The van der Waals surface area contributed by atoms with Gasteiger partial charge in [-0.3, -0.25) is 9.59 Å². The zero-order chi connectivity index (χ0) is 27.2. The number of thiophene rings is 1. The highest BCUT2D eigenvalue weighted by Crippen LogP contribution is 2.34. The summed E-state index contributed by atoms with van der Waals surface area (Å²) in [6.45, 7) is 9.86. The Morgan fingerprint density at radius 1 is 1.13 bits per heavy atom. The number of hydrogen-bond acceptors (Lipinski definition) is 5. The molecule has 6 nitrogen and oxygen atoms in total. The van der Waals surface area contributed by atoms with Crippen molar-refractivity contribution in [2.45, 2.75) is 46.6 Å². The zero-order valence-electron chi connectivity index (χ0n) is 23.0. The van der Waals surface area contributed by atoms with Crippen LogP contribution < -0.4 is 9.47 Å². The van der Waals surface area contributed by atoms with Crippen molar-refractivity contribution in [3.05, 3.63) is 81.0 Å². The molecule has 0 bridgehead atoms. The van der Waals surface area contributed by atoms with Crippen LogP contribution in [0.3, 0.4) is 0 Å². The maximum absolute atomic E-state index is 13.8. The van der Waals surface area contributed by atoms with Crippen molar-refractivity contribution in [2.24, 2.45) is 5.92 Å². The van der Waals surface area contributed by atoms with Gasteiger partial charge >= 0.3 is 0 Å². The fourth-order valence-electron chi connectivity index (χ4n) is 4.90. The second-order valence-corrected chi connectivity index (χ2v) is 11.2. The largest absolute Gasteiger partial charge is 0.497 e. The molecule has 0 aliphatic carbocycles. The molecule has 0 unspecified atom stereocenters. The van der Waals surface area contributed by atoms with E-state index in [4.69, 9.17) is 9.47 Å². The Morgan fingerprint density at radius 2 is 1.89 bits per heavy atom. The van der Waals surface area contributed by atoms with Gasteiger partial charge in [-0.15, -0.1) is 11.3 Å². The van der Waals surface area contributed by atoms with Gasteiger partial charge in [-0.05, 0) is 79.1 Å². The molecule has 38 heavy (non-hydrogen) atoms. The third-order valence-electron chi connectivity index (χ3n) is 7.32. The second kappa shape index (κ2) is 12.5. The zero-order valence-corrected chi connectivity index (χ0v) is 23.8. The number of methoxy groups -OCH3 is 1. The first-order chi connectivity index (χ1) is 18.3. The minimum absolute atomic E-state index is 0.0364. The second-order valence-electron chi connectivity index (χ2n) is 10.2. The van der Waals surface area contributed by atoms with Crippen molar-refractivity contribution < 1.29 is 19.1 Å². The van der Waals surface area contributed by atoms with Gasteiger partial charge in [0.05, 0.1) is 13.2 Å². The minimum atomic E-state index is -0.195. The van der Waals surface area contributed by atoms with Crippen LogP contribution in [0.1, 0.15) is 58.2 Å². The standard InChI is InChI=1S/C31H38N2O4S/c1-6-21(2)18-32(31(35)24-8-10-25(36-5)11-9-24)19-30(34)33-15-13-29-26(14-16-38-29)27(33)20-37-28-12-7-22(3)17-23(28)4/h7-12,14,16-17,21,27H,6,13,15,18-20H2,1-5H3/t21-,27+/m1/s1. The lowest BCUT2D eigenvalue weighted by Gasteiger charge is -2.37. The number of fused-ring (bicyclic) bond motifs is 1. The Labute approximate surface area is 230 Å². The van der Waals surface area contributed by atoms with E-state index in [-0.39, 0.29) is 30.3 Å². The molecule has 1 aliphatic rings. The fraction of sp³-hybridized carbons (Fsp3) is 0.419. The molecule has 1 aliphatic heterocycles. The van der Waals surface area contributed by atoms with E-state index in [1.165, 1.54) is 10.4 Å². The van der Waals surface area contributed by atoms with Crippen LogP contribution in [0.2, 0.25) is 0 Å². The molecule has 7 heteroatoms. The number of carbonyl (C=O) groups excluding carboxylic acids is 2. The predicted octanol–water partition coefficient (Wildman–Crippen LogP) is 6.07. The molecular weight excluding hydrogens is 496 g/mol. The van der Waals surface area contributed by atoms with Crippen LogP contribution >= 0.6 is 11.3 Å². The number of amides is 2. The molecule has 0 N–H and O–H groups in total. The molecule has 0 saturated carbocycles. The van der Waals surface area contributed by atoms with Crippen molar-refractivity contribution >= 4 is 23.2 Å². The first-order valence-corrected chi connectivity index (χ1v) is 14.2. The Hall–Kier alpha value is -3.32. The summed E-state index contributed by atoms with van der Waals surface area (Å²) in [5.41, 5.74) is 3.96. The average Bonchev–Trinajstić information content (AvgIpc) is 3.41. The van der Waals surface area contributed by atoms with Crippen LogP contribution in [0.25, 0.3) is 0 Å². The highest BCUT2D eigenvalue weighted by molar-refractivity contribution is 7.10. The first-order valence-electron chi connectivity index (χ1n) is 13.3. The van der Waals surface area contributed by atoms with Gasteiger partial charge in [0.1, 0.15) is 24.7 Å².